The van der Waals surface area contributed by atoms with Crippen LogP contribution in [0.2, 0.25) is 0 Å². The van der Waals surface area contributed by atoms with Gasteiger partial charge in [0, 0.05) is 30.9 Å². The number of carbonyl (C=O) groups excluding carboxylic acids is 2. The summed E-state index contributed by atoms with van der Waals surface area (Å²) in [5.41, 5.74) is -0.0800. The van der Waals surface area contributed by atoms with Gasteiger partial charge < -0.3 is 19.9 Å². The molecule has 0 spiro atoms. The maximum absolute atomic E-state index is 12.4. The van der Waals surface area contributed by atoms with Gasteiger partial charge in [-0.25, -0.2) is 0 Å². The van der Waals surface area contributed by atoms with Gasteiger partial charge in [-0.15, -0.1) is 0 Å². The van der Waals surface area contributed by atoms with Crippen molar-refractivity contribution in [1.82, 2.24) is 15.2 Å². The maximum Gasteiger partial charge on any atom is 0.254 e. The van der Waals surface area contributed by atoms with Crippen LogP contribution in [0, 0.1) is 0 Å². The zero-order valence-electron chi connectivity index (χ0n) is 11.2. The summed E-state index contributed by atoms with van der Waals surface area (Å²) in [4.78, 5) is 39.5. The summed E-state index contributed by atoms with van der Waals surface area (Å²) in [6, 6.07) is 2.09. The van der Waals surface area contributed by atoms with E-state index in [1.807, 2.05) is 6.92 Å². The Morgan fingerprint density at radius 2 is 2.35 bits per heavy atom. The minimum Gasteiger partial charge on any atom is -0.377 e. The monoisotopic (exact) mass is 279 g/mol. The molecule has 1 aliphatic rings. The number of amides is 2. The topological polar surface area (TPSA) is 91.5 Å². The molecule has 1 saturated heterocycles. The predicted octanol–water partition coefficient (Wildman–Crippen LogP) is -0.648. The fourth-order valence-corrected chi connectivity index (χ4v) is 2.10. The lowest BCUT2D eigenvalue weighted by Crippen LogP contribution is -2.55. The van der Waals surface area contributed by atoms with Gasteiger partial charge in [-0.05, 0) is 13.0 Å². The van der Waals surface area contributed by atoms with E-state index >= 15 is 0 Å². The number of nitrogens with one attached hydrogen (secondary N) is 2. The van der Waals surface area contributed by atoms with Crippen molar-refractivity contribution < 1.29 is 14.3 Å². The smallest absolute Gasteiger partial charge is 0.254 e. The molecule has 1 unspecified atom stereocenters. The summed E-state index contributed by atoms with van der Waals surface area (Å²) < 4.78 is 5.27. The predicted molar refractivity (Wildman–Crippen MR) is 71.4 cm³/mol. The molecule has 7 nitrogen and oxygen atoms in total. The summed E-state index contributed by atoms with van der Waals surface area (Å²) in [5, 5.41) is 2.68. The quantitative estimate of drug-likeness (QED) is 0.769. The van der Waals surface area contributed by atoms with Crippen LogP contribution >= 0.6 is 0 Å². The SMILES string of the molecule is CCNC(=O)C1COCCN1C(=O)c1cc[nH]c(=O)c1. The van der Waals surface area contributed by atoms with Gasteiger partial charge in [-0.3, -0.25) is 14.4 Å². The molecule has 1 aromatic rings. The fraction of sp³-hybridized carbons (Fsp3) is 0.462. The van der Waals surface area contributed by atoms with Crippen LogP contribution in [0.1, 0.15) is 17.3 Å². The van der Waals surface area contributed by atoms with Gasteiger partial charge in [-0.2, -0.15) is 0 Å². The molecule has 20 heavy (non-hydrogen) atoms. The standard InChI is InChI=1S/C13H17N3O4/c1-2-14-12(18)10-8-20-6-5-16(10)13(19)9-3-4-15-11(17)7-9/h3-4,7,10H,2,5-6,8H2,1H3,(H,14,18)(H,15,17). The molecule has 7 heteroatoms. The number of aromatic nitrogens is 1. The van der Waals surface area contributed by atoms with E-state index < -0.39 is 6.04 Å². The lowest BCUT2D eigenvalue weighted by atomic mass is 10.1. The summed E-state index contributed by atoms with van der Waals surface area (Å²) in [5.74, 6) is -0.582. The number of pyridine rings is 1. The Hall–Kier alpha value is -2.15. The summed E-state index contributed by atoms with van der Waals surface area (Å²) in [6.45, 7) is 3.17. The number of H-pyrrole nitrogens is 1. The highest BCUT2D eigenvalue weighted by atomic mass is 16.5. The number of hydrogen-bond acceptors (Lipinski definition) is 4. The molecule has 2 heterocycles. The minimum absolute atomic E-state index is 0.167. The van der Waals surface area contributed by atoms with E-state index in [0.29, 0.717) is 19.7 Å². The second-order valence-electron chi connectivity index (χ2n) is 4.43. The van der Waals surface area contributed by atoms with E-state index in [-0.39, 0.29) is 29.5 Å². The van der Waals surface area contributed by atoms with Crippen LogP contribution in [0.25, 0.3) is 0 Å². The zero-order chi connectivity index (χ0) is 14.5. The largest absolute Gasteiger partial charge is 0.377 e. The fourth-order valence-electron chi connectivity index (χ4n) is 2.10. The summed E-state index contributed by atoms with van der Waals surface area (Å²) >= 11 is 0. The van der Waals surface area contributed by atoms with Crippen LogP contribution in [-0.4, -0.2) is 54.0 Å². The molecular weight excluding hydrogens is 262 g/mol. The molecule has 0 radical (unpaired) electrons. The highest BCUT2D eigenvalue weighted by Gasteiger charge is 2.33. The van der Waals surface area contributed by atoms with Crippen LogP contribution in [-0.2, 0) is 9.53 Å². The Kier molecular flexibility index (Phi) is 4.52. The van der Waals surface area contributed by atoms with Gasteiger partial charge in [0.05, 0.1) is 13.2 Å². The summed E-state index contributed by atoms with van der Waals surface area (Å²) in [7, 11) is 0. The molecule has 2 N–H and O–H groups in total. The third-order valence-corrected chi connectivity index (χ3v) is 3.07. The summed E-state index contributed by atoms with van der Waals surface area (Å²) in [6.07, 6.45) is 1.41. The number of aromatic amines is 1. The van der Waals surface area contributed by atoms with Crippen molar-refractivity contribution in [1.29, 1.82) is 0 Å². The van der Waals surface area contributed by atoms with Gasteiger partial charge in [0.2, 0.25) is 11.5 Å². The molecule has 1 fully saturated rings. The van der Waals surface area contributed by atoms with Crippen LogP contribution in [0.4, 0.5) is 0 Å². The highest BCUT2D eigenvalue weighted by Crippen LogP contribution is 2.11. The van der Waals surface area contributed by atoms with E-state index in [2.05, 4.69) is 10.3 Å². The highest BCUT2D eigenvalue weighted by molar-refractivity contribution is 5.97. The van der Waals surface area contributed by atoms with Crippen LogP contribution < -0.4 is 10.9 Å². The minimum atomic E-state index is -0.657. The number of morpholine rings is 1. The van der Waals surface area contributed by atoms with Crippen molar-refractivity contribution in [2.75, 3.05) is 26.3 Å². The number of carbonyl (C=O) groups is 2. The molecule has 0 saturated carbocycles. The molecular formula is C13H17N3O4. The van der Waals surface area contributed by atoms with E-state index in [0.717, 1.165) is 0 Å². The van der Waals surface area contributed by atoms with Gasteiger partial charge >= 0.3 is 0 Å². The Balaban J connectivity index is 2.21. The van der Waals surface area contributed by atoms with E-state index in [9.17, 15) is 14.4 Å². The number of hydrogen-bond donors (Lipinski definition) is 2. The second kappa shape index (κ2) is 6.33. The molecule has 1 aromatic heterocycles. The molecule has 108 valence electrons. The third kappa shape index (κ3) is 3.05. The average Bonchev–Trinajstić information content (AvgIpc) is 2.47. The van der Waals surface area contributed by atoms with Crippen LogP contribution in [0.5, 0.6) is 0 Å². The Morgan fingerprint density at radius 3 is 3.05 bits per heavy atom. The Labute approximate surface area is 115 Å². The van der Waals surface area contributed by atoms with Crippen LogP contribution in [0.3, 0.4) is 0 Å². The normalized spacial score (nSPS) is 18.6. The van der Waals surface area contributed by atoms with Crippen molar-refractivity contribution in [3.8, 4) is 0 Å². The number of ether oxygens (including phenoxy) is 1. The van der Waals surface area contributed by atoms with Crippen molar-refractivity contribution in [2.24, 2.45) is 0 Å². The number of likely N-dealkylation sites (N-methyl/N-ethyl adjacent to an activating group) is 1. The molecule has 1 aliphatic heterocycles. The lowest BCUT2D eigenvalue weighted by Gasteiger charge is -2.34. The number of rotatable bonds is 3. The Bertz CT molecular complexity index is 555. The third-order valence-electron chi connectivity index (χ3n) is 3.07. The Morgan fingerprint density at radius 1 is 1.55 bits per heavy atom. The lowest BCUT2D eigenvalue weighted by molar-refractivity contribution is -0.130. The molecule has 2 rings (SSSR count). The molecule has 1 atom stereocenters. The van der Waals surface area contributed by atoms with Gasteiger partial charge in [0.1, 0.15) is 6.04 Å². The van der Waals surface area contributed by atoms with Crippen molar-refractivity contribution >= 4 is 11.8 Å². The van der Waals surface area contributed by atoms with Crippen molar-refractivity contribution in [2.45, 2.75) is 13.0 Å². The van der Waals surface area contributed by atoms with E-state index in [1.165, 1.54) is 23.2 Å². The molecule has 0 aromatic carbocycles. The van der Waals surface area contributed by atoms with Gasteiger partial charge in [0.15, 0.2) is 0 Å². The van der Waals surface area contributed by atoms with Crippen LogP contribution in [0.15, 0.2) is 23.1 Å². The first-order valence-electron chi connectivity index (χ1n) is 6.48. The first kappa shape index (κ1) is 14.3. The maximum atomic E-state index is 12.4. The van der Waals surface area contributed by atoms with Gasteiger partial charge in [-0.1, -0.05) is 0 Å². The van der Waals surface area contributed by atoms with E-state index in [1.54, 1.807) is 0 Å². The molecule has 0 aliphatic carbocycles. The van der Waals surface area contributed by atoms with Crippen molar-refractivity contribution in [3.05, 3.63) is 34.2 Å². The van der Waals surface area contributed by atoms with E-state index in [4.69, 9.17) is 4.74 Å². The second-order valence-corrected chi connectivity index (χ2v) is 4.43. The molecule has 0 bridgehead atoms. The average molecular weight is 279 g/mol. The first-order valence-corrected chi connectivity index (χ1v) is 6.48. The number of nitrogens with zero attached hydrogens (tertiary/aromatic N) is 1. The van der Waals surface area contributed by atoms with Crippen molar-refractivity contribution in [3.63, 3.8) is 0 Å². The van der Waals surface area contributed by atoms with Gasteiger partial charge in [0.25, 0.3) is 5.91 Å². The molecule has 2 amide bonds. The zero-order valence-corrected chi connectivity index (χ0v) is 11.2. The first-order chi connectivity index (χ1) is 9.63.